The van der Waals surface area contributed by atoms with E-state index in [4.69, 9.17) is 0 Å². The van der Waals surface area contributed by atoms with Crippen molar-refractivity contribution < 1.29 is 4.79 Å². The van der Waals surface area contributed by atoms with Crippen molar-refractivity contribution in [1.29, 1.82) is 0 Å². The molecular formula is C14H20O. The summed E-state index contributed by atoms with van der Waals surface area (Å²) in [5.41, 5.74) is 3.55. The van der Waals surface area contributed by atoms with E-state index in [9.17, 15) is 4.79 Å². The Bertz CT molecular complexity index is 375. The van der Waals surface area contributed by atoms with Crippen molar-refractivity contribution in [3.05, 3.63) is 11.1 Å². The molecule has 1 unspecified atom stereocenters. The first-order valence-corrected chi connectivity index (χ1v) is 6.19. The van der Waals surface area contributed by atoms with Crippen molar-refractivity contribution in [2.24, 2.45) is 16.7 Å². The van der Waals surface area contributed by atoms with Crippen LogP contribution in [0.25, 0.3) is 0 Å². The Balaban J connectivity index is 2.10. The summed E-state index contributed by atoms with van der Waals surface area (Å²) in [5.74, 6) is 1.03. The van der Waals surface area contributed by atoms with Crippen molar-refractivity contribution >= 4 is 5.78 Å². The minimum atomic E-state index is 0.353. The Hall–Kier alpha value is -0.590. The van der Waals surface area contributed by atoms with Gasteiger partial charge in [0.05, 0.1) is 0 Å². The maximum Gasteiger partial charge on any atom is 0.159 e. The summed E-state index contributed by atoms with van der Waals surface area (Å²) in [5, 5.41) is 0. The highest BCUT2D eigenvalue weighted by molar-refractivity contribution is 6.00. The Morgan fingerprint density at radius 2 is 1.87 bits per heavy atom. The molecule has 1 nitrogen and oxygen atoms in total. The molecule has 0 saturated heterocycles. The summed E-state index contributed by atoms with van der Waals surface area (Å²) in [6.07, 6.45) is 5.68. The Kier molecular flexibility index (Phi) is 1.64. The van der Waals surface area contributed by atoms with Gasteiger partial charge in [0, 0.05) is 6.42 Å². The number of carbonyl (C=O) groups is 1. The molecule has 0 aromatic heterocycles. The summed E-state index contributed by atoms with van der Waals surface area (Å²) >= 11 is 0. The van der Waals surface area contributed by atoms with Gasteiger partial charge in [0.2, 0.25) is 0 Å². The van der Waals surface area contributed by atoms with E-state index in [0.29, 0.717) is 22.5 Å². The molecule has 0 aliphatic heterocycles. The standard InChI is InChI=1S/C14H20O/c1-13(2)6-7-14(3)8-9-4-5-10(15)11(9)12(13)14/h12H,4-8H2,1-3H3/t12?,14-/m0/s1. The molecule has 3 aliphatic carbocycles. The van der Waals surface area contributed by atoms with Gasteiger partial charge in [-0.1, -0.05) is 26.3 Å². The van der Waals surface area contributed by atoms with Gasteiger partial charge in [-0.25, -0.2) is 0 Å². The molecule has 1 heteroatoms. The topological polar surface area (TPSA) is 17.1 Å². The van der Waals surface area contributed by atoms with Crippen LogP contribution in [0.15, 0.2) is 11.1 Å². The van der Waals surface area contributed by atoms with Crippen LogP contribution in [0.3, 0.4) is 0 Å². The quantitative estimate of drug-likeness (QED) is 0.590. The molecule has 1 fully saturated rings. The van der Waals surface area contributed by atoms with Crippen LogP contribution >= 0.6 is 0 Å². The molecule has 82 valence electrons. The van der Waals surface area contributed by atoms with Crippen LogP contribution in [0, 0.1) is 16.7 Å². The summed E-state index contributed by atoms with van der Waals surface area (Å²) in [6.45, 7) is 7.10. The molecule has 3 aliphatic rings. The van der Waals surface area contributed by atoms with Crippen LogP contribution in [0.2, 0.25) is 0 Å². The average molecular weight is 204 g/mol. The summed E-state index contributed by atoms with van der Waals surface area (Å²) in [6, 6.07) is 0. The molecule has 0 bridgehead atoms. The number of ketones is 1. The van der Waals surface area contributed by atoms with E-state index in [1.807, 2.05) is 0 Å². The lowest BCUT2D eigenvalue weighted by Gasteiger charge is -2.34. The number of allylic oxidation sites excluding steroid dienone is 2. The van der Waals surface area contributed by atoms with E-state index in [1.54, 1.807) is 0 Å². The minimum absolute atomic E-state index is 0.353. The van der Waals surface area contributed by atoms with Gasteiger partial charge in [-0.2, -0.15) is 0 Å². The molecular weight excluding hydrogens is 184 g/mol. The number of fused-ring (bicyclic) bond motifs is 2. The summed E-state index contributed by atoms with van der Waals surface area (Å²) < 4.78 is 0. The van der Waals surface area contributed by atoms with Crippen LogP contribution in [-0.4, -0.2) is 5.78 Å². The lowest BCUT2D eigenvalue weighted by Crippen LogP contribution is -2.29. The number of rotatable bonds is 0. The van der Waals surface area contributed by atoms with E-state index in [-0.39, 0.29) is 0 Å². The van der Waals surface area contributed by atoms with Crippen LogP contribution in [-0.2, 0) is 4.79 Å². The molecule has 0 aromatic rings. The van der Waals surface area contributed by atoms with Crippen LogP contribution < -0.4 is 0 Å². The van der Waals surface area contributed by atoms with E-state index in [2.05, 4.69) is 20.8 Å². The van der Waals surface area contributed by atoms with Crippen LogP contribution in [0.5, 0.6) is 0 Å². The first-order chi connectivity index (χ1) is 6.94. The molecule has 3 rings (SSSR count). The van der Waals surface area contributed by atoms with Crippen molar-refractivity contribution in [2.75, 3.05) is 0 Å². The van der Waals surface area contributed by atoms with Gasteiger partial charge in [0.25, 0.3) is 0 Å². The summed E-state index contributed by atoms with van der Waals surface area (Å²) in [4.78, 5) is 12.0. The smallest absolute Gasteiger partial charge is 0.159 e. The second kappa shape index (κ2) is 2.56. The largest absolute Gasteiger partial charge is 0.295 e. The molecule has 0 spiro atoms. The van der Waals surface area contributed by atoms with Gasteiger partial charge in [0.1, 0.15) is 0 Å². The third kappa shape index (κ3) is 1.07. The lowest BCUT2D eigenvalue weighted by atomic mass is 9.70. The number of hydrogen-bond donors (Lipinski definition) is 0. The van der Waals surface area contributed by atoms with Crippen molar-refractivity contribution in [2.45, 2.75) is 52.9 Å². The number of carbonyl (C=O) groups excluding carboxylic acids is 1. The minimum Gasteiger partial charge on any atom is -0.295 e. The third-order valence-electron chi connectivity index (χ3n) is 5.06. The fraction of sp³-hybridized carbons (Fsp3) is 0.786. The predicted octanol–water partition coefficient (Wildman–Crippen LogP) is 3.49. The Labute approximate surface area is 91.9 Å². The fourth-order valence-corrected chi connectivity index (χ4v) is 4.54. The monoisotopic (exact) mass is 204 g/mol. The Morgan fingerprint density at radius 3 is 2.60 bits per heavy atom. The average Bonchev–Trinajstić information content (AvgIpc) is 2.67. The Morgan fingerprint density at radius 1 is 1.13 bits per heavy atom. The molecule has 0 N–H and O–H groups in total. The van der Waals surface area contributed by atoms with Crippen LogP contribution in [0.1, 0.15) is 52.9 Å². The predicted molar refractivity (Wildman–Crippen MR) is 60.5 cm³/mol. The zero-order chi connectivity index (χ0) is 10.8. The molecule has 0 radical (unpaired) electrons. The lowest BCUT2D eigenvalue weighted by molar-refractivity contribution is -0.116. The molecule has 0 heterocycles. The van der Waals surface area contributed by atoms with Crippen molar-refractivity contribution in [3.63, 3.8) is 0 Å². The first-order valence-electron chi connectivity index (χ1n) is 6.19. The van der Waals surface area contributed by atoms with Gasteiger partial charge in [-0.15, -0.1) is 0 Å². The van der Waals surface area contributed by atoms with Gasteiger partial charge in [-0.05, 0) is 48.0 Å². The maximum absolute atomic E-state index is 12.0. The molecule has 2 atom stereocenters. The van der Waals surface area contributed by atoms with Crippen molar-refractivity contribution in [3.8, 4) is 0 Å². The number of hydrogen-bond acceptors (Lipinski definition) is 1. The molecule has 0 aromatic carbocycles. The second-order valence-electron chi connectivity index (χ2n) is 6.69. The van der Waals surface area contributed by atoms with E-state index < -0.39 is 0 Å². The van der Waals surface area contributed by atoms with E-state index in [0.717, 1.165) is 12.8 Å². The second-order valence-corrected chi connectivity index (χ2v) is 6.69. The third-order valence-corrected chi connectivity index (χ3v) is 5.06. The molecule has 15 heavy (non-hydrogen) atoms. The highest BCUT2D eigenvalue weighted by Crippen LogP contribution is 2.65. The summed E-state index contributed by atoms with van der Waals surface area (Å²) in [7, 11) is 0. The maximum atomic E-state index is 12.0. The van der Waals surface area contributed by atoms with Gasteiger partial charge in [-0.3, -0.25) is 4.79 Å². The number of Topliss-reactive ketones (excluding diaryl/α,β-unsaturated/α-hetero) is 1. The van der Waals surface area contributed by atoms with Gasteiger partial charge < -0.3 is 0 Å². The van der Waals surface area contributed by atoms with Gasteiger partial charge in [0.15, 0.2) is 5.78 Å². The SMILES string of the molecule is CC1(C)CC[C@@]2(C)CC3=C(C(=O)CC3)C12. The van der Waals surface area contributed by atoms with Crippen LogP contribution in [0.4, 0.5) is 0 Å². The van der Waals surface area contributed by atoms with Gasteiger partial charge >= 0.3 is 0 Å². The molecule has 0 amide bonds. The highest BCUT2D eigenvalue weighted by Gasteiger charge is 2.57. The normalized spacial score (nSPS) is 42.3. The zero-order valence-electron chi connectivity index (χ0n) is 10.0. The highest BCUT2D eigenvalue weighted by atomic mass is 16.1. The van der Waals surface area contributed by atoms with Crippen molar-refractivity contribution in [1.82, 2.24) is 0 Å². The van der Waals surface area contributed by atoms with E-state index in [1.165, 1.54) is 30.4 Å². The first kappa shape index (κ1) is 9.62. The molecule has 1 saturated carbocycles. The zero-order valence-corrected chi connectivity index (χ0v) is 10.0. The van der Waals surface area contributed by atoms with E-state index >= 15 is 0 Å². The fourth-order valence-electron chi connectivity index (χ4n) is 4.54.